The number of ether oxygens (including phenoxy) is 3. The number of hydrogen-bond donors (Lipinski definition) is 2. The summed E-state index contributed by atoms with van der Waals surface area (Å²) in [7, 11) is 0. The Bertz CT molecular complexity index is 1020. The molecule has 2 aromatic rings. The van der Waals surface area contributed by atoms with E-state index < -0.39 is 17.7 Å². The first kappa shape index (κ1) is 22.1. The molecule has 0 bridgehead atoms. The molecule has 2 aromatic carbocycles. The quantitative estimate of drug-likeness (QED) is 0.500. The number of rotatable bonds is 8. The molecular weight excluding hydrogens is 396 g/mol. The van der Waals surface area contributed by atoms with Gasteiger partial charge < -0.3 is 24.6 Å². The predicted octanol–water partition coefficient (Wildman–Crippen LogP) is 3.05. The van der Waals surface area contributed by atoms with Gasteiger partial charge in [0.2, 0.25) is 0 Å². The van der Waals surface area contributed by atoms with E-state index in [0.717, 1.165) is 0 Å². The molecule has 7 heteroatoms. The molecule has 0 aliphatic carbocycles. The lowest BCUT2D eigenvalue weighted by Crippen LogP contribution is -2.52. The van der Waals surface area contributed by atoms with Gasteiger partial charge in [-0.2, -0.15) is 5.26 Å². The molecule has 1 aliphatic rings. The van der Waals surface area contributed by atoms with Crippen molar-refractivity contribution in [2.45, 2.75) is 31.6 Å². The summed E-state index contributed by atoms with van der Waals surface area (Å²) in [6.07, 6.45) is 2.02. The van der Waals surface area contributed by atoms with Crippen molar-refractivity contribution in [3.63, 3.8) is 0 Å². The molecule has 160 valence electrons. The molecule has 0 radical (unpaired) electrons. The molecule has 0 fully saturated rings. The molecule has 31 heavy (non-hydrogen) atoms. The summed E-state index contributed by atoms with van der Waals surface area (Å²) in [5.41, 5.74) is 0.361. The van der Waals surface area contributed by atoms with E-state index in [2.05, 4.69) is 11.4 Å². The Balaban J connectivity index is 1.79. The number of hydrogen-bond acceptors (Lipinski definition) is 7. The average molecular weight is 420 g/mol. The first-order valence-corrected chi connectivity index (χ1v) is 9.84. The van der Waals surface area contributed by atoms with Crippen LogP contribution in [-0.2, 0) is 9.53 Å². The normalized spacial score (nSPS) is 19.2. The maximum atomic E-state index is 10.9. The van der Waals surface area contributed by atoms with Crippen LogP contribution in [0.2, 0.25) is 0 Å². The van der Waals surface area contributed by atoms with Gasteiger partial charge in [-0.3, -0.25) is 0 Å². The summed E-state index contributed by atoms with van der Waals surface area (Å²) in [6.45, 7) is 3.93. The van der Waals surface area contributed by atoms with E-state index in [-0.39, 0.29) is 12.6 Å². The van der Waals surface area contributed by atoms with Gasteiger partial charge in [0.25, 0.3) is 5.95 Å². The molecule has 0 amide bonds. The third-order valence-electron chi connectivity index (χ3n) is 4.84. The number of aliphatic hydroxyl groups is 1. The van der Waals surface area contributed by atoms with Crippen molar-refractivity contribution in [1.29, 1.82) is 5.26 Å². The van der Waals surface area contributed by atoms with Crippen LogP contribution in [0, 0.1) is 11.3 Å². The van der Waals surface area contributed by atoms with Gasteiger partial charge in [0.1, 0.15) is 35.8 Å². The van der Waals surface area contributed by atoms with E-state index in [1.807, 2.05) is 32.0 Å². The van der Waals surface area contributed by atoms with Crippen molar-refractivity contribution < 1.29 is 24.1 Å². The summed E-state index contributed by atoms with van der Waals surface area (Å²) in [6, 6.07) is 15.9. The Morgan fingerprint density at radius 1 is 1.29 bits per heavy atom. The van der Waals surface area contributed by atoms with Crippen LogP contribution in [0.15, 0.2) is 66.6 Å². The van der Waals surface area contributed by atoms with Gasteiger partial charge in [0.05, 0.1) is 17.7 Å². The van der Waals surface area contributed by atoms with E-state index in [4.69, 9.17) is 14.2 Å². The zero-order chi connectivity index (χ0) is 22.3. The van der Waals surface area contributed by atoms with Gasteiger partial charge in [-0.25, -0.2) is 4.79 Å². The van der Waals surface area contributed by atoms with Gasteiger partial charge in [-0.05, 0) is 44.2 Å². The Kier molecular flexibility index (Phi) is 7.11. The average Bonchev–Trinajstić information content (AvgIpc) is 2.76. The largest absolute Gasteiger partial charge is 0.485 e. The van der Waals surface area contributed by atoms with Crippen LogP contribution in [0.4, 0.5) is 0 Å². The summed E-state index contributed by atoms with van der Waals surface area (Å²) < 4.78 is 17.2. The number of nitrogens with one attached hydrogen (secondary N) is 1. The maximum absolute atomic E-state index is 10.9. The van der Waals surface area contributed by atoms with Crippen molar-refractivity contribution in [3.8, 4) is 17.6 Å². The van der Waals surface area contributed by atoms with Crippen LogP contribution in [0.1, 0.15) is 31.0 Å². The maximum Gasteiger partial charge on any atom is 0.282 e. The third kappa shape index (κ3) is 5.53. The fourth-order valence-electron chi connectivity index (χ4n) is 3.25. The van der Waals surface area contributed by atoms with Crippen LogP contribution in [-0.4, -0.2) is 35.9 Å². The first-order valence-electron chi connectivity index (χ1n) is 9.84. The van der Waals surface area contributed by atoms with Crippen LogP contribution in [0.25, 0.3) is 0 Å². The number of aliphatic hydroxyl groups excluding tert-OH is 1. The molecule has 7 nitrogen and oxygen atoms in total. The SMILES string of the molecule is CC1(C)Oc2ccc(C#N)cc2[C@H](NCC=C(OCC=C=O)Oc2ccccc2)[C@H]1O. The molecule has 2 atom stereocenters. The number of nitriles is 1. The lowest BCUT2D eigenvalue weighted by molar-refractivity contribution is -0.0639. The second kappa shape index (κ2) is 9.96. The van der Waals surface area contributed by atoms with E-state index in [0.29, 0.717) is 29.2 Å². The number of benzene rings is 2. The second-order valence-corrected chi connectivity index (χ2v) is 7.47. The standard InChI is InChI=1S/C24H24N2O5/c1-24(2)23(28)22(19-15-17(16-25)9-10-20(19)31-24)26-12-11-21(29-14-6-13-27)30-18-7-4-3-5-8-18/h3-11,15,22-23,26,28H,12,14H2,1-2H3/t22-,23+/m0/s1. The summed E-state index contributed by atoms with van der Waals surface area (Å²) in [5, 5.41) is 23.4. The summed E-state index contributed by atoms with van der Waals surface area (Å²) in [4.78, 5) is 10.4. The first-order chi connectivity index (χ1) is 14.9. The van der Waals surface area contributed by atoms with Crippen molar-refractivity contribution in [2.24, 2.45) is 0 Å². The van der Waals surface area contributed by atoms with Crippen LogP contribution in [0.5, 0.6) is 11.5 Å². The lowest BCUT2D eigenvalue weighted by Gasteiger charge is -2.42. The molecule has 1 heterocycles. The van der Waals surface area contributed by atoms with Gasteiger partial charge in [-0.1, -0.05) is 18.2 Å². The minimum atomic E-state index is -0.861. The highest BCUT2D eigenvalue weighted by molar-refractivity contribution is 5.46. The lowest BCUT2D eigenvalue weighted by atomic mass is 9.86. The van der Waals surface area contributed by atoms with Gasteiger partial charge in [0.15, 0.2) is 0 Å². The predicted molar refractivity (Wildman–Crippen MR) is 114 cm³/mol. The Morgan fingerprint density at radius 3 is 2.77 bits per heavy atom. The zero-order valence-electron chi connectivity index (χ0n) is 17.4. The van der Waals surface area contributed by atoms with Crippen molar-refractivity contribution in [2.75, 3.05) is 13.2 Å². The Hall–Kier alpha value is -3.56. The number of carbonyl (C=O) groups excluding carboxylic acids is 1. The highest BCUT2D eigenvalue weighted by atomic mass is 16.7. The minimum absolute atomic E-state index is 0.0173. The van der Waals surface area contributed by atoms with Crippen molar-refractivity contribution >= 4 is 5.94 Å². The van der Waals surface area contributed by atoms with Crippen molar-refractivity contribution in [1.82, 2.24) is 5.32 Å². The highest BCUT2D eigenvalue weighted by Crippen LogP contribution is 2.40. The van der Waals surface area contributed by atoms with E-state index >= 15 is 0 Å². The summed E-state index contributed by atoms with van der Waals surface area (Å²) >= 11 is 0. The topological polar surface area (TPSA) is 101 Å². The fourth-order valence-corrected chi connectivity index (χ4v) is 3.25. The highest BCUT2D eigenvalue weighted by Gasteiger charge is 2.42. The van der Waals surface area contributed by atoms with Gasteiger partial charge in [0, 0.05) is 24.3 Å². The molecule has 1 aliphatic heterocycles. The third-order valence-corrected chi connectivity index (χ3v) is 4.84. The Morgan fingerprint density at radius 2 is 2.06 bits per heavy atom. The molecule has 0 saturated heterocycles. The van der Waals surface area contributed by atoms with Gasteiger partial charge >= 0.3 is 0 Å². The molecule has 0 unspecified atom stereocenters. The minimum Gasteiger partial charge on any atom is -0.485 e. The van der Waals surface area contributed by atoms with Crippen LogP contribution < -0.4 is 14.8 Å². The molecule has 2 N–H and O–H groups in total. The second-order valence-electron chi connectivity index (χ2n) is 7.47. The number of nitrogens with zero attached hydrogens (tertiary/aromatic N) is 1. The number of fused-ring (bicyclic) bond motifs is 1. The molecule has 0 saturated carbocycles. The zero-order valence-corrected chi connectivity index (χ0v) is 17.4. The molecule has 0 spiro atoms. The molecular formula is C24H24N2O5. The monoisotopic (exact) mass is 420 g/mol. The van der Waals surface area contributed by atoms with E-state index in [1.165, 1.54) is 6.08 Å². The van der Waals surface area contributed by atoms with Crippen LogP contribution in [0.3, 0.4) is 0 Å². The molecule has 0 aromatic heterocycles. The van der Waals surface area contributed by atoms with Gasteiger partial charge in [-0.15, -0.1) is 0 Å². The van der Waals surface area contributed by atoms with Crippen molar-refractivity contribution in [3.05, 3.63) is 77.8 Å². The number of para-hydroxylation sites is 1. The van der Waals surface area contributed by atoms with E-state index in [1.54, 1.807) is 42.3 Å². The van der Waals surface area contributed by atoms with E-state index in [9.17, 15) is 15.2 Å². The summed E-state index contributed by atoms with van der Waals surface area (Å²) in [5.74, 6) is 3.06. The Labute approximate surface area is 181 Å². The smallest absolute Gasteiger partial charge is 0.282 e. The fraction of sp³-hybridized carbons (Fsp3) is 0.292. The van der Waals surface area contributed by atoms with Crippen LogP contribution >= 0.6 is 0 Å². The molecule has 3 rings (SSSR count).